The van der Waals surface area contributed by atoms with Crippen molar-refractivity contribution in [2.45, 2.75) is 52.2 Å². The molecular weight excluding hydrogens is 372 g/mol. The van der Waals surface area contributed by atoms with E-state index in [9.17, 15) is 4.79 Å². The van der Waals surface area contributed by atoms with Crippen LogP contribution in [0.5, 0.6) is 5.75 Å². The molecule has 0 radical (unpaired) electrons. The maximum atomic E-state index is 11.0. The average Bonchev–Trinajstić information content (AvgIpc) is 2.77. The number of rotatable bonds is 10. The number of unbranched alkanes of at least 4 members (excludes halogenated alkanes) is 1. The van der Waals surface area contributed by atoms with Gasteiger partial charge in [-0.2, -0.15) is 0 Å². The number of carbonyl (C=O) groups is 1. The van der Waals surface area contributed by atoms with Crippen molar-refractivity contribution in [2.24, 2.45) is 0 Å². The quantitative estimate of drug-likeness (QED) is 0.218. The van der Waals surface area contributed by atoms with E-state index in [4.69, 9.17) is 9.47 Å². The zero-order chi connectivity index (χ0) is 21.2. The zero-order valence-electron chi connectivity index (χ0n) is 17.8. The molecule has 0 aliphatic carbocycles. The maximum Gasteiger partial charge on any atom is 0.308 e. The van der Waals surface area contributed by atoms with Crippen molar-refractivity contribution in [3.05, 3.63) is 90.0 Å². The van der Waals surface area contributed by atoms with Crippen LogP contribution in [-0.2, 0) is 22.6 Å². The first-order valence-electron chi connectivity index (χ1n) is 10.6. The van der Waals surface area contributed by atoms with E-state index in [1.54, 1.807) is 0 Å². The number of carbonyl (C=O) groups excluding carboxylic acids is 1. The Bertz CT molecular complexity index is 899. The summed E-state index contributed by atoms with van der Waals surface area (Å²) in [6.45, 7) is 4.25. The van der Waals surface area contributed by atoms with E-state index in [-0.39, 0.29) is 12.1 Å². The molecule has 0 N–H and O–H groups in total. The number of esters is 1. The molecule has 156 valence electrons. The smallest absolute Gasteiger partial charge is 0.308 e. The highest BCUT2D eigenvalue weighted by molar-refractivity contribution is 5.70. The predicted octanol–water partition coefficient (Wildman–Crippen LogP) is 6.60. The predicted molar refractivity (Wildman–Crippen MR) is 121 cm³/mol. The molecule has 1 unspecified atom stereocenters. The minimum Gasteiger partial charge on any atom is -0.427 e. The minimum absolute atomic E-state index is 0.280. The number of hydrogen-bond donors (Lipinski definition) is 0. The van der Waals surface area contributed by atoms with Gasteiger partial charge >= 0.3 is 5.97 Å². The second-order valence-corrected chi connectivity index (χ2v) is 7.67. The van der Waals surface area contributed by atoms with Gasteiger partial charge in [-0.25, -0.2) is 0 Å². The van der Waals surface area contributed by atoms with Crippen molar-refractivity contribution in [1.29, 1.82) is 0 Å². The Kier molecular flexibility index (Phi) is 8.22. The SMILES string of the molecule is CC(=O)Oc1ccc(-c2ccc(CCCCC(C)OCc3ccccc3)cc2)cc1. The van der Waals surface area contributed by atoms with Crippen LogP contribution < -0.4 is 4.74 Å². The highest BCUT2D eigenvalue weighted by Gasteiger charge is 2.04. The largest absolute Gasteiger partial charge is 0.427 e. The van der Waals surface area contributed by atoms with Crippen LogP contribution in [0.2, 0.25) is 0 Å². The fourth-order valence-electron chi connectivity index (χ4n) is 3.40. The molecule has 0 heterocycles. The number of benzene rings is 3. The van der Waals surface area contributed by atoms with E-state index in [1.807, 2.05) is 42.5 Å². The van der Waals surface area contributed by atoms with Gasteiger partial charge in [0.15, 0.2) is 0 Å². The molecule has 3 nitrogen and oxygen atoms in total. The standard InChI is InChI=1S/C27H30O3/c1-21(29-20-24-10-4-3-5-11-24)8-6-7-9-23-12-14-25(15-13-23)26-16-18-27(19-17-26)30-22(2)28/h3-5,10-19,21H,6-9,20H2,1-2H3. The van der Waals surface area contributed by atoms with Gasteiger partial charge in [-0.3, -0.25) is 4.79 Å². The lowest BCUT2D eigenvalue weighted by Crippen LogP contribution is -2.08. The molecule has 0 aliphatic rings. The van der Waals surface area contributed by atoms with Gasteiger partial charge < -0.3 is 9.47 Å². The third kappa shape index (κ3) is 7.16. The summed E-state index contributed by atoms with van der Waals surface area (Å²) in [4.78, 5) is 11.0. The van der Waals surface area contributed by atoms with Crippen LogP contribution in [0.25, 0.3) is 11.1 Å². The third-order valence-corrected chi connectivity index (χ3v) is 5.11. The van der Waals surface area contributed by atoms with Gasteiger partial charge in [0, 0.05) is 6.92 Å². The summed E-state index contributed by atoms with van der Waals surface area (Å²) in [6, 6.07) is 26.6. The molecule has 3 heteroatoms. The molecule has 0 saturated carbocycles. The van der Waals surface area contributed by atoms with E-state index in [0.29, 0.717) is 12.4 Å². The molecule has 3 aromatic rings. The van der Waals surface area contributed by atoms with Crippen LogP contribution in [0.15, 0.2) is 78.9 Å². The van der Waals surface area contributed by atoms with E-state index in [1.165, 1.54) is 18.1 Å². The maximum absolute atomic E-state index is 11.0. The van der Waals surface area contributed by atoms with Gasteiger partial charge in [0.25, 0.3) is 0 Å². The van der Waals surface area contributed by atoms with Crippen LogP contribution in [-0.4, -0.2) is 12.1 Å². The van der Waals surface area contributed by atoms with Gasteiger partial charge in [-0.15, -0.1) is 0 Å². The topological polar surface area (TPSA) is 35.5 Å². The van der Waals surface area contributed by atoms with Gasteiger partial charge in [0.05, 0.1) is 12.7 Å². The zero-order valence-corrected chi connectivity index (χ0v) is 17.8. The van der Waals surface area contributed by atoms with Crippen molar-refractivity contribution in [1.82, 2.24) is 0 Å². The molecule has 1 atom stereocenters. The first-order chi connectivity index (χ1) is 14.6. The Labute approximate surface area is 179 Å². The highest BCUT2D eigenvalue weighted by atomic mass is 16.5. The summed E-state index contributed by atoms with van der Waals surface area (Å²) in [5.74, 6) is 0.272. The van der Waals surface area contributed by atoms with E-state index in [0.717, 1.165) is 36.8 Å². The number of hydrogen-bond acceptors (Lipinski definition) is 3. The van der Waals surface area contributed by atoms with Gasteiger partial charge in [0.2, 0.25) is 0 Å². The summed E-state index contributed by atoms with van der Waals surface area (Å²) in [5, 5.41) is 0. The Morgan fingerprint density at radius 3 is 2.07 bits per heavy atom. The molecule has 0 spiro atoms. The molecule has 3 rings (SSSR count). The number of ether oxygens (including phenoxy) is 2. The summed E-state index contributed by atoms with van der Waals surface area (Å²) in [6.07, 6.45) is 4.77. The Balaban J connectivity index is 1.38. The van der Waals surface area contributed by atoms with Crippen molar-refractivity contribution >= 4 is 5.97 Å². The number of aryl methyl sites for hydroxylation is 1. The first kappa shape index (κ1) is 21.8. The first-order valence-corrected chi connectivity index (χ1v) is 10.6. The van der Waals surface area contributed by atoms with E-state index in [2.05, 4.69) is 43.3 Å². The summed E-state index contributed by atoms with van der Waals surface area (Å²) < 4.78 is 11.0. The van der Waals surface area contributed by atoms with Gasteiger partial charge in [0.1, 0.15) is 5.75 Å². The Morgan fingerprint density at radius 2 is 1.43 bits per heavy atom. The normalized spacial score (nSPS) is 11.8. The molecule has 0 aliphatic heterocycles. The molecule has 30 heavy (non-hydrogen) atoms. The van der Waals surface area contributed by atoms with Crippen molar-refractivity contribution < 1.29 is 14.3 Å². The molecular formula is C27H30O3. The molecule has 3 aromatic carbocycles. The summed E-state index contributed by atoms with van der Waals surface area (Å²) >= 11 is 0. The van der Waals surface area contributed by atoms with Gasteiger partial charge in [-0.05, 0) is 60.6 Å². The lowest BCUT2D eigenvalue weighted by molar-refractivity contribution is -0.131. The molecule has 0 saturated heterocycles. The second kappa shape index (κ2) is 11.3. The minimum atomic E-state index is -0.302. The van der Waals surface area contributed by atoms with Crippen molar-refractivity contribution in [2.75, 3.05) is 0 Å². The fourth-order valence-corrected chi connectivity index (χ4v) is 3.40. The fraction of sp³-hybridized carbons (Fsp3) is 0.296. The molecule has 0 bridgehead atoms. The van der Waals surface area contributed by atoms with Crippen LogP contribution in [0.4, 0.5) is 0 Å². The summed E-state index contributed by atoms with van der Waals surface area (Å²) in [7, 11) is 0. The lowest BCUT2D eigenvalue weighted by atomic mass is 10.0. The average molecular weight is 403 g/mol. The highest BCUT2D eigenvalue weighted by Crippen LogP contribution is 2.23. The van der Waals surface area contributed by atoms with Crippen LogP contribution in [0.1, 0.15) is 44.2 Å². The van der Waals surface area contributed by atoms with Gasteiger partial charge in [-0.1, -0.05) is 73.2 Å². The van der Waals surface area contributed by atoms with Crippen molar-refractivity contribution in [3.63, 3.8) is 0 Å². The van der Waals surface area contributed by atoms with E-state index < -0.39 is 0 Å². The Hall–Kier alpha value is -2.91. The summed E-state index contributed by atoms with van der Waals surface area (Å²) in [5.41, 5.74) is 4.86. The monoisotopic (exact) mass is 402 g/mol. The van der Waals surface area contributed by atoms with E-state index >= 15 is 0 Å². The molecule has 0 amide bonds. The van der Waals surface area contributed by atoms with Crippen LogP contribution in [0, 0.1) is 0 Å². The van der Waals surface area contributed by atoms with Crippen LogP contribution in [0.3, 0.4) is 0 Å². The second-order valence-electron chi connectivity index (χ2n) is 7.67. The van der Waals surface area contributed by atoms with Crippen LogP contribution >= 0.6 is 0 Å². The molecule has 0 fully saturated rings. The lowest BCUT2D eigenvalue weighted by Gasteiger charge is -2.13. The van der Waals surface area contributed by atoms with Crippen molar-refractivity contribution in [3.8, 4) is 16.9 Å². The Morgan fingerprint density at radius 1 is 0.800 bits per heavy atom. The third-order valence-electron chi connectivity index (χ3n) is 5.11. The molecule has 0 aromatic heterocycles.